The molecule has 1 aromatic carbocycles. The summed E-state index contributed by atoms with van der Waals surface area (Å²) in [5, 5.41) is 16.0. The number of benzene rings is 1. The summed E-state index contributed by atoms with van der Waals surface area (Å²) in [6.45, 7) is 3.75. The first-order valence-electron chi connectivity index (χ1n) is 18.0. The van der Waals surface area contributed by atoms with Crippen molar-refractivity contribution in [2.24, 2.45) is 17.8 Å². The van der Waals surface area contributed by atoms with Gasteiger partial charge in [0.2, 0.25) is 27.7 Å². The van der Waals surface area contributed by atoms with Crippen LogP contribution in [0.15, 0.2) is 36.5 Å². The molecule has 4 amide bonds. The van der Waals surface area contributed by atoms with E-state index in [4.69, 9.17) is 21.1 Å². The van der Waals surface area contributed by atoms with Gasteiger partial charge in [-0.3, -0.25) is 19.1 Å². The number of hydrogen-bond donors (Lipinski definition) is 4. The Morgan fingerprint density at radius 1 is 1.08 bits per heavy atom. The fourth-order valence-corrected chi connectivity index (χ4v) is 9.17. The summed E-state index contributed by atoms with van der Waals surface area (Å²) < 4.78 is 40.3. The average Bonchev–Trinajstić information content (AvgIpc) is 3.98. The summed E-state index contributed by atoms with van der Waals surface area (Å²) in [6, 6.07) is 2.95. The Labute approximate surface area is 307 Å². The number of ether oxygens (including phenoxy) is 2. The van der Waals surface area contributed by atoms with E-state index in [0.29, 0.717) is 47.2 Å². The van der Waals surface area contributed by atoms with E-state index in [1.54, 1.807) is 24.4 Å². The lowest BCUT2D eigenvalue weighted by Gasteiger charge is -2.32. The van der Waals surface area contributed by atoms with E-state index in [9.17, 15) is 32.7 Å². The number of nitrogens with zero attached hydrogens (tertiary/aromatic N) is 2. The highest BCUT2D eigenvalue weighted by Crippen LogP contribution is 2.46. The van der Waals surface area contributed by atoms with Crippen LogP contribution in [0, 0.1) is 17.8 Å². The van der Waals surface area contributed by atoms with Gasteiger partial charge in [-0.05, 0) is 75.3 Å². The van der Waals surface area contributed by atoms with Crippen LogP contribution in [0.25, 0.3) is 10.8 Å². The van der Waals surface area contributed by atoms with Crippen molar-refractivity contribution in [3.05, 3.63) is 41.6 Å². The highest BCUT2D eigenvalue weighted by molar-refractivity contribution is 7.91. The zero-order valence-corrected chi connectivity index (χ0v) is 30.6. The fourth-order valence-electron chi connectivity index (χ4n) is 7.54. The summed E-state index contributed by atoms with van der Waals surface area (Å²) in [7, 11) is -3.91. The van der Waals surface area contributed by atoms with Gasteiger partial charge in [0.25, 0.3) is 5.91 Å². The molecule has 1 aromatic heterocycles. The van der Waals surface area contributed by atoms with E-state index in [-0.39, 0.29) is 37.3 Å². The van der Waals surface area contributed by atoms with Gasteiger partial charge in [-0.15, -0.1) is 0 Å². The Morgan fingerprint density at radius 3 is 2.56 bits per heavy atom. The first kappa shape index (κ1) is 36.3. The van der Waals surface area contributed by atoms with Crippen LogP contribution in [0.3, 0.4) is 0 Å². The molecule has 0 bridgehead atoms. The number of sulfonamides is 1. The number of carboxylic acid groups (broad SMARTS) is 1. The topological polar surface area (TPSA) is 193 Å². The van der Waals surface area contributed by atoms with Gasteiger partial charge < -0.3 is 30.1 Å². The van der Waals surface area contributed by atoms with Gasteiger partial charge in [0.05, 0.1) is 29.1 Å². The average molecular weight is 758 g/mol. The molecular formula is C36H44ClN5O9S. The Bertz CT molecular complexity index is 1920. The lowest BCUT2D eigenvalue weighted by atomic mass is 9.88. The normalized spacial score (nSPS) is 31.6. The number of halogens is 1. The highest BCUT2D eigenvalue weighted by Gasteiger charge is 2.62. The molecule has 280 valence electrons. The first-order chi connectivity index (χ1) is 24.8. The molecule has 0 unspecified atom stereocenters. The van der Waals surface area contributed by atoms with Crippen molar-refractivity contribution in [2.75, 3.05) is 6.54 Å². The van der Waals surface area contributed by atoms with Crippen molar-refractivity contribution in [1.29, 1.82) is 0 Å². The third kappa shape index (κ3) is 7.52. The molecule has 7 rings (SSSR count). The second-order valence-electron chi connectivity index (χ2n) is 15.1. The standard InChI is InChI=1S/C36H44ClN5O9S/c1-19-6-3-4-7-21-16-36(21,34(45)41-52(48,49)24-12-13-24)40-31(43)27-15-23(18-42(27)33(44)30(20(2)14-19)39-35(46)47)51-32-25-8-5-9-26(37)29(25)28(17-38-32)50-22-10-11-22/h4-5,7-9,17,19-24,27,30,39H,3,6,10-16,18H2,1-2H3,(H,40,43)(H,41,45)(H,46,47)/b7-4-/t19-,20-,21-,23-,27+,30+,36-/m1/s1. The third-order valence-corrected chi connectivity index (χ3v) is 12.9. The number of amides is 4. The summed E-state index contributed by atoms with van der Waals surface area (Å²) in [6.07, 6.45) is 8.16. The number of carbonyl (C=O) groups excluding carboxylic acids is 3. The van der Waals surface area contributed by atoms with Crippen molar-refractivity contribution in [1.82, 2.24) is 25.2 Å². The van der Waals surface area contributed by atoms with Gasteiger partial charge in [0.15, 0.2) is 0 Å². The predicted octanol–water partition coefficient (Wildman–Crippen LogP) is 3.91. The minimum Gasteiger partial charge on any atom is -0.488 e. The Hall–Kier alpha value is -4.11. The minimum absolute atomic E-state index is 0.00914. The van der Waals surface area contributed by atoms with Crippen molar-refractivity contribution >= 4 is 56.2 Å². The first-order valence-corrected chi connectivity index (χ1v) is 19.9. The van der Waals surface area contributed by atoms with Crippen LogP contribution in [0.5, 0.6) is 11.6 Å². The lowest BCUT2D eigenvalue weighted by Crippen LogP contribution is -2.59. The van der Waals surface area contributed by atoms with Crippen LogP contribution in [0.1, 0.15) is 71.6 Å². The zero-order valence-electron chi connectivity index (χ0n) is 29.0. The number of hydrogen-bond acceptors (Lipinski definition) is 9. The van der Waals surface area contributed by atoms with Crippen LogP contribution in [0.2, 0.25) is 5.02 Å². The van der Waals surface area contributed by atoms with Gasteiger partial charge in [-0.25, -0.2) is 18.2 Å². The molecule has 52 heavy (non-hydrogen) atoms. The molecule has 5 aliphatic rings. The van der Waals surface area contributed by atoms with E-state index < -0.39 is 74.7 Å². The summed E-state index contributed by atoms with van der Waals surface area (Å²) >= 11 is 6.62. The molecule has 3 heterocycles. The molecule has 14 nitrogen and oxygen atoms in total. The van der Waals surface area contributed by atoms with E-state index in [2.05, 4.69) is 20.3 Å². The molecular weight excluding hydrogens is 714 g/mol. The minimum atomic E-state index is -3.91. The van der Waals surface area contributed by atoms with Crippen LogP contribution in [-0.4, -0.2) is 88.8 Å². The summed E-state index contributed by atoms with van der Waals surface area (Å²) in [5.74, 6) is -2.10. The Morgan fingerprint density at radius 2 is 1.85 bits per heavy atom. The van der Waals surface area contributed by atoms with Crippen molar-refractivity contribution in [3.8, 4) is 11.6 Å². The molecule has 7 atom stereocenters. The van der Waals surface area contributed by atoms with E-state index in [0.717, 1.165) is 19.3 Å². The lowest BCUT2D eigenvalue weighted by molar-refractivity contribution is -0.142. The van der Waals surface area contributed by atoms with E-state index in [1.165, 1.54) is 4.90 Å². The van der Waals surface area contributed by atoms with Crippen LogP contribution in [0.4, 0.5) is 4.79 Å². The number of rotatable bonds is 8. The Balaban J connectivity index is 1.21. The predicted molar refractivity (Wildman–Crippen MR) is 190 cm³/mol. The molecule has 2 aliphatic heterocycles. The van der Waals surface area contributed by atoms with Crippen molar-refractivity contribution in [3.63, 3.8) is 0 Å². The molecule has 2 aromatic rings. The van der Waals surface area contributed by atoms with E-state index >= 15 is 0 Å². The molecule has 1 saturated heterocycles. The molecule has 16 heteroatoms. The monoisotopic (exact) mass is 757 g/mol. The summed E-state index contributed by atoms with van der Waals surface area (Å²) in [4.78, 5) is 60.2. The Kier molecular flexibility index (Phi) is 9.78. The second kappa shape index (κ2) is 14.0. The van der Waals surface area contributed by atoms with Crippen LogP contribution in [-0.2, 0) is 24.4 Å². The number of pyridine rings is 1. The summed E-state index contributed by atoms with van der Waals surface area (Å²) in [5.41, 5.74) is -1.53. The van der Waals surface area contributed by atoms with Crippen molar-refractivity contribution < 1.29 is 42.2 Å². The fraction of sp³-hybridized carbons (Fsp3) is 0.583. The maximum Gasteiger partial charge on any atom is 0.405 e. The third-order valence-electron chi connectivity index (χ3n) is 10.8. The number of nitrogens with one attached hydrogen (secondary N) is 3. The van der Waals surface area contributed by atoms with E-state index in [1.807, 2.05) is 26.0 Å². The maximum absolute atomic E-state index is 14.4. The van der Waals surface area contributed by atoms with Gasteiger partial charge in [0.1, 0.15) is 29.5 Å². The van der Waals surface area contributed by atoms with Gasteiger partial charge in [-0.2, -0.15) is 0 Å². The van der Waals surface area contributed by atoms with Gasteiger partial charge in [-0.1, -0.05) is 43.7 Å². The van der Waals surface area contributed by atoms with Crippen LogP contribution < -0.4 is 24.8 Å². The van der Waals surface area contributed by atoms with Crippen LogP contribution >= 0.6 is 11.6 Å². The molecule has 4 fully saturated rings. The molecule has 4 N–H and O–H groups in total. The maximum atomic E-state index is 14.4. The zero-order chi connectivity index (χ0) is 36.9. The quantitative estimate of drug-likeness (QED) is 0.287. The largest absolute Gasteiger partial charge is 0.488 e. The smallest absolute Gasteiger partial charge is 0.405 e. The van der Waals surface area contributed by atoms with Gasteiger partial charge >= 0.3 is 6.09 Å². The number of carbonyl (C=O) groups is 4. The SMILES string of the molecule is C[C@@H]1CC/C=C\[C@@H]2C[C@@]2(C(=O)NS(=O)(=O)C2CC2)NC(=O)[C@@H]2C[C@@H](Oc3ncc(OC4CC4)c4c(Cl)cccc34)CN2C(=O)[C@@H](NC(=O)O)[C@H](C)C1. The number of allylic oxidation sites excluding steroid dienone is 1. The molecule has 0 radical (unpaired) electrons. The molecule has 3 aliphatic carbocycles. The number of fused-ring (bicyclic) bond motifs is 3. The molecule has 0 spiro atoms. The number of aromatic nitrogens is 1. The second-order valence-corrected chi connectivity index (χ2v) is 17.5. The van der Waals surface area contributed by atoms with Crippen molar-refractivity contribution in [2.45, 2.75) is 107 Å². The molecule has 3 saturated carbocycles. The van der Waals surface area contributed by atoms with Gasteiger partial charge in [0, 0.05) is 23.1 Å². The highest BCUT2D eigenvalue weighted by atomic mass is 35.5.